The maximum absolute atomic E-state index is 10.2. The normalized spacial score (nSPS) is 10.9. The summed E-state index contributed by atoms with van der Waals surface area (Å²) < 4.78 is 0. The van der Waals surface area contributed by atoms with E-state index in [2.05, 4.69) is 6.92 Å². The topological polar surface area (TPSA) is 60.7 Å². The maximum Gasteiger partial charge on any atom is 0.164 e. The Morgan fingerprint density at radius 2 is 1.30 bits per heavy atom. The van der Waals surface area contributed by atoms with Crippen molar-refractivity contribution in [3.05, 3.63) is 16.7 Å². The number of hydrogen-bond acceptors (Lipinski definition) is 3. The Bertz CT molecular complexity index is 439. The van der Waals surface area contributed by atoms with E-state index < -0.39 is 0 Å². The lowest BCUT2D eigenvalue weighted by Crippen LogP contribution is -1.96. The summed E-state index contributed by atoms with van der Waals surface area (Å²) in [5.41, 5.74) is 1.82. The van der Waals surface area contributed by atoms with Crippen molar-refractivity contribution in [3.63, 3.8) is 0 Å². The molecule has 0 atom stereocenters. The first-order valence-corrected chi connectivity index (χ1v) is 7.79. The molecule has 1 aromatic rings. The van der Waals surface area contributed by atoms with Crippen LogP contribution >= 0.6 is 0 Å². The molecule has 0 saturated heterocycles. The SMILES string of the molecule is CCCCCCCCc1c(O)c(O)c(C)c(CC)c1O. The highest BCUT2D eigenvalue weighted by Gasteiger charge is 2.19. The van der Waals surface area contributed by atoms with Gasteiger partial charge >= 0.3 is 0 Å². The van der Waals surface area contributed by atoms with Crippen LogP contribution in [0, 0.1) is 6.92 Å². The Hall–Kier alpha value is -1.38. The second-order valence-electron chi connectivity index (χ2n) is 5.50. The lowest BCUT2D eigenvalue weighted by Gasteiger charge is -2.15. The van der Waals surface area contributed by atoms with E-state index >= 15 is 0 Å². The number of rotatable bonds is 8. The third-order valence-electron chi connectivity index (χ3n) is 4.02. The first-order chi connectivity index (χ1) is 9.54. The van der Waals surface area contributed by atoms with Gasteiger partial charge in [0.15, 0.2) is 11.5 Å². The van der Waals surface area contributed by atoms with Crippen molar-refractivity contribution in [1.29, 1.82) is 0 Å². The Morgan fingerprint density at radius 3 is 1.90 bits per heavy atom. The van der Waals surface area contributed by atoms with Crippen LogP contribution in [0.5, 0.6) is 17.2 Å². The highest BCUT2D eigenvalue weighted by molar-refractivity contribution is 5.61. The molecule has 0 aliphatic carbocycles. The molecule has 114 valence electrons. The van der Waals surface area contributed by atoms with Gasteiger partial charge in [-0.05, 0) is 26.2 Å². The number of phenols is 3. The molecule has 0 spiro atoms. The van der Waals surface area contributed by atoms with Crippen molar-refractivity contribution in [2.24, 2.45) is 0 Å². The maximum atomic E-state index is 10.2. The third kappa shape index (κ3) is 3.81. The minimum atomic E-state index is -0.147. The molecule has 3 heteroatoms. The van der Waals surface area contributed by atoms with Gasteiger partial charge in [-0.3, -0.25) is 0 Å². The molecular weight excluding hydrogens is 252 g/mol. The molecule has 0 unspecified atom stereocenters. The second-order valence-corrected chi connectivity index (χ2v) is 5.50. The van der Waals surface area contributed by atoms with E-state index in [4.69, 9.17) is 0 Å². The van der Waals surface area contributed by atoms with Crippen molar-refractivity contribution in [1.82, 2.24) is 0 Å². The van der Waals surface area contributed by atoms with E-state index in [9.17, 15) is 15.3 Å². The molecule has 3 nitrogen and oxygen atoms in total. The van der Waals surface area contributed by atoms with Crippen molar-refractivity contribution in [2.75, 3.05) is 0 Å². The Balaban J connectivity index is 2.72. The lowest BCUT2D eigenvalue weighted by atomic mass is 9.95. The van der Waals surface area contributed by atoms with Gasteiger partial charge in [-0.1, -0.05) is 46.0 Å². The molecule has 0 saturated carbocycles. The summed E-state index contributed by atoms with van der Waals surface area (Å²) in [5.74, 6) is -0.0692. The van der Waals surface area contributed by atoms with Crippen LogP contribution < -0.4 is 0 Å². The van der Waals surface area contributed by atoms with Gasteiger partial charge in [0.1, 0.15) is 5.75 Å². The van der Waals surface area contributed by atoms with E-state index in [0.717, 1.165) is 18.4 Å². The second kappa shape index (κ2) is 8.03. The zero-order valence-corrected chi connectivity index (χ0v) is 13.0. The summed E-state index contributed by atoms with van der Waals surface area (Å²) >= 11 is 0. The smallest absolute Gasteiger partial charge is 0.164 e. The van der Waals surface area contributed by atoms with Gasteiger partial charge in [-0.2, -0.15) is 0 Å². The van der Waals surface area contributed by atoms with Gasteiger partial charge in [0.25, 0.3) is 0 Å². The predicted octanol–water partition coefficient (Wildman–Crippen LogP) is 4.58. The van der Waals surface area contributed by atoms with Crippen LogP contribution in [-0.4, -0.2) is 15.3 Å². The van der Waals surface area contributed by atoms with Gasteiger partial charge in [0.05, 0.1) is 0 Å². The van der Waals surface area contributed by atoms with E-state index in [1.54, 1.807) is 6.92 Å². The first kappa shape index (κ1) is 16.7. The standard InChI is InChI=1S/C17H28O3/c1-4-6-7-8-9-10-11-14-16(19)13(5-2)12(3)15(18)17(14)20/h18-20H,4-11H2,1-3H3. The minimum Gasteiger partial charge on any atom is -0.507 e. The molecule has 0 aromatic heterocycles. The van der Waals surface area contributed by atoms with E-state index in [-0.39, 0.29) is 17.2 Å². The molecule has 1 rings (SSSR count). The van der Waals surface area contributed by atoms with E-state index in [1.807, 2.05) is 6.92 Å². The number of benzene rings is 1. The van der Waals surface area contributed by atoms with Crippen LogP contribution in [0.4, 0.5) is 0 Å². The van der Waals surface area contributed by atoms with Crippen LogP contribution in [0.15, 0.2) is 0 Å². The molecule has 0 aliphatic heterocycles. The fourth-order valence-electron chi connectivity index (χ4n) is 2.69. The molecule has 20 heavy (non-hydrogen) atoms. The number of unbranched alkanes of at least 4 members (excludes halogenated alkanes) is 5. The predicted molar refractivity (Wildman–Crippen MR) is 82.6 cm³/mol. The van der Waals surface area contributed by atoms with E-state index in [0.29, 0.717) is 24.0 Å². The summed E-state index contributed by atoms with van der Waals surface area (Å²) in [6.07, 6.45) is 8.21. The fourth-order valence-corrected chi connectivity index (χ4v) is 2.69. The van der Waals surface area contributed by atoms with Gasteiger partial charge in [0.2, 0.25) is 0 Å². The molecular formula is C17H28O3. The fraction of sp³-hybridized carbons (Fsp3) is 0.647. The average Bonchev–Trinajstić information content (AvgIpc) is 2.44. The van der Waals surface area contributed by atoms with Crippen molar-refractivity contribution in [3.8, 4) is 17.2 Å². The summed E-state index contributed by atoms with van der Waals surface area (Å²) in [6.45, 7) is 5.85. The largest absolute Gasteiger partial charge is 0.507 e. The molecule has 1 aromatic carbocycles. The highest BCUT2D eigenvalue weighted by atomic mass is 16.3. The Kier molecular flexibility index (Phi) is 6.69. The zero-order chi connectivity index (χ0) is 15.1. The molecule has 3 N–H and O–H groups in total. The van der Waals surface area contributed by atoms with Crippen LogP contribution in [0.2, 0.25) is 0 Å². The van der Waals surface area contributed by atoms with Crippen molar-refractivity contribution < 1.29 is 15.3 Å². The van der Waals surface area contributed by atoms with Crippen molar-refractivity contribution in [2.45, 2.75) is 72.1 Å². The van der Waals surface area contributed by atoms with Crippen molar-refractivity contribution >= 4 is 0 Å². The molecule has 0 heterocycles. The Labute approximate surface area is 122 Å². The quantitative estimate of drug-likeness (QED) is 0.371. The monoisotopic (exact) mass is 280 g/mol. The van der Waals surface area contributed by atoms with Crippen LogP contribution in [0.25, 0.3) is 0 Å². The molecule has 0 fully saturated rings. The molecule has 0 aliphatic rings. The van der Waals surface area contributed by atoms with Gasteiger partial charge < -0.3 is 15.3 Å². The average molecular weight is 280 g/mol. The highest BCUT2D eigenvalue weighted by Crippen LogP contribution is 2.42. The first-order valence-electron chi connectivity index (χ1n) is 7.79. The van der Waals surface area contributed by atoms with Gasteiger partial charge in [-0.25, -0.2) is 0 Å². The molecule has 0 radical (unpaired) electrons. The number of aromatic hydroxyl groups is 3. The Morgan fingerprint density at radius 1 is 0.700 bits per heavy atom. The summed E-state index contributed by atoms with van der Waals surface area (Å²) in [5, 5.41) is 30.2. The minimum absolute atomic E-state index is 0.0827. The number of phenolic OH excluding ortho intramolecular Hbond substituents is 3. The van der Waals surface area contributed by atoms with Crippen LogP contribution in [0.1, 0.15) is 69.1 Å². The zero-order valence-electron chi connectivity index (χ0n) is 13.0. The summed E-state index contributed by atoms with van der Waals surface area (Å²) in [6, 6.07) is 0. The number of hydrogen-bond donors (Lipinski definition) is 3. The molecule has 0 bridgehead atoms. The van der Waals surface area contributed by atoms with Crippen LogP contribution in [0.3, 0.4) is 0 Å². The van der Waals surface area contributed by atoms with E-state index in [1.165, 1.54) is 25.7 Å². The van der Waals surface area contributed by atoms with Gasteiger partial charge in [-0.15, -0.1) is 0 Å². The lowest BCUT2D eigenvalue weighted by molar-refractivity contribution is 0.383. The molecule has 0 amide bonds. The summed E-state index contributed by atoms with van der Waals surface area (Å²) in [4.78, 5) is 0. The summed E-state index contributed by atoms with van der Waals surface area (Å²) in [7, 11) is 0. The van der Waals surface area contributed by atoms with Crippen LogP contribution in [-0.2, 0) is 12.8 Å². The van der Waals surface area contributed by atoms with Gasteiger partial charge in [0, 0.05) is 16.7 Å². The third-order valence-corrected chi connectivity index (χ3v) is 4.02.